The minimum atomic E-state index is -1.23. The van der Waals surface area contributed by atoms with Crippen molar-refractivity contribution in [2.75, 3.05) is 19.6 Å². The van der Waals surface area contributed by atoms with Gasteiger partial charge in [-0.1, -0.05) is 0 Å². The van der Waals surface area contributed by atoms with Gasteiger partial charge in [-0.3, -0.25) is 24.2 Å². The van der Waals surface area contributed by atoms with Gasteiger partial charge in [-0.05, 0) is 32.6 Å². The Morgan fingerprint density at radius 3 is 2.50 bits per heavy atom. The van der Waals surface area contributed by atoms with Crippen LogP contribution >= 0.6 is 0 Å². The van der Waals surface area contributed by atoms with Crippen molar-refractivity contribution in [3.05, 3.63) is 0 Å². The fourth-order valence-corrected chi connectivity index (χ4v) is 3.03. The van der Waals surface area contributed by atoms with Crippen molar-refractivity contribution in [1.82, 2.24) is 15.5 Å². The maximum absolute atomic E-state index is 12.8. The lowest BCUT2D eigenvalue weighted by atomic mass is 10.1. The molecule has 1 aliphatic heterocycles. The van der Waals surface area contributed by atoms with E-state index < -0.39 is 54.5 Å². The summed E-state index contributed by atoms with van der Waals surface area (Å²) in [6.45, 7) is 1.30. The van der Waals surface area contributed by atoms with Gasteiger partial charge in [-0.15, -0.1) is 0 Å². The van der Waals surface area contributed by atoms with Crippen LogP contribution in [0.15, 0.2) is 4.99 Å². The van der Waals surface area contributed by atoms with Crippen LogP contribution in [0.25, 0.3) is 0 Å². The van der Waals surface area contributed by atoms with Crippen molar-refractivity contribution in [3.8, 4) is 0 Å². The lowest BCUT2D eigenvalue weighted by Crippen LogP contribution is -2.56. The van der Waals surface area contributed by atoms with Gasteiger partial charge in [-0.2, -0.15) is 0 Å². The minimum Gasteiger partial charge on any atom is -0.480 e. The quantitative estimate of drug-likeness (QED) is 0.0977. The number of carboxylic acid groups (broad SMARTS) is 1. The number of amides is 3. The van der Waals surface area contributed by atoms with E-state index in [9.17, 15) is 24.3 Å². The molecular weight excluding hydrogens is 398 g/mol. The normalized spacial score (nSPS) is 18.8. The van der Waals surface area contributed by atoms with Crippen molar-refractivity contribution in [2.24, 2.45) is 22.2 Å². The van der Waals surface area contributed by atoms with Crippen LogP contribution in [-0.4, -0.2) is 88.6 Å². The highest BCUT2D eigenvalue weighted by atomic mass is 16.4. The van der Waals surface area contributed by atoms with Crippen LogP contribution < -0.4 is 27.8 Å². The van der Waals surface area contributed by atoms with Crippen LogP contribution in [0.1, 0.15) is 32.6 Å². The standard InChI is InChI=1S/C17H31N7O6/c1-9(25)13(18)16(30)24-7-3-5-11(24)15(29)23-10(4-2-6-21-17(19)20)14(28)22-8-12(26)27/h9-11,13,25H,2-8,18H2,1H3,(H,22,28)(H,23,29)(H,26,27)(H4,19,20,21). The van der Waals surface area contributed by atoms with E-state index in [1.54, 1.807) is 0 Å². The Hall–Kier alpha value is -2.93. The first-order valence-corrected chi connectivity index (χ1v) is 9.64. The Bertz CT molecular complexity index is 665. The molecule has 30 heavy (non-hydrogen) atoms. The Labute approximate surface area is 174 Å². The Kier molecular flexibility index (Phi) is 9.98. The molecule has 0 bridgehead atoms. The molecule has 0 aromatic rings. The van der Waals surface area contributed by atoms with E-state index in [-0.39, 0.29) is 18.9 Å². The third-order valence-electron chi connectivity index (χ3n) is 4.64. The van der Waals surface area contributed by atoms with Gasteiger partial charge >= 0.3 is 5.97 Å². The van der Waals surface area contributed by atoms with Gasteiger partial charge in [0, 0.05) is 13.1 Å². The zero-order valence-electron chi connectivity index (χ0n) is 16.9. The van der Waals surface area contributed by atoms with E-state index in [1.165, 1.54) is 11.8 Å². The van der Waals surface area contributed by atoms with Crippen LogP contribution in [0.2, 0.25) is 0 Å². The molecule has 10 N–H and O–H groups in total. The number of guanidine groups is 1. The van der Waals surface area contributed by atoms with Gasteiger partial charge in [0.15, 0.2) is 5.96 Å². The molecule has 13 heteroatoms. The van der Waals surface area contributed by atoms with Gasteiger partial charge in [0.1, 0.15) is 24.7 Å². The fourth-order valence-electron chi connectivity index (χ4n) is 3.03. The number of aliphatic hydroxyl groups is 1. The second-order valence-electron chi connectivity index (χ2n) is 7.08. The van der Waals surface area contributed by atoms with Crippen LogP contribution in [0.5, 0.6) is 0 Å². The van der Waals surface area contributed by atoms with Gasteiger partial charge in [0.25, 0.3) is 0 Å². The number of nitrogens with zero attached hydrogens (tertiary/aromatic N) is 2. The molecule has 0 aliphatic carbocycles. The van der Waals surface area contributed by atoms with Gasteiger partial charge in [0.2, 0.25) is 17.7 Å². The first-order valence-electron chi connectivity index (χ1n) is 9.64. The number of aliphatic hydroxyl groups excluding tert-OH is 1. The molecule has 0 spiro atoms. The van der Waals surface area contributed by atoms with Gasteiger partial charge in [-0.25, -0.2) is 0 Å². The maximum atomic E-state index is 12.8. The predicted octanol–water partition coefficient (Wildman–Crippen LogP) is -3.58. The van der Waals surface area contributed by atoms with E-state index in [1.807, 2.05) is 0 Å². The molecule has 3 amide bonds. The SMILES string of the molecule is CC(O)C(N)C(=O)N1CCCC1C(=O)NC(CCCN=C(N)N)C(=O)NCC(=O)O. The number of aliphatic carboxylic acids is 1. The third kappa shape index (κ3) is 7.83. The molecular formula is C17H31N7O6. The molecule has 0 aromatic heterocycles. The fraction of sp³-hybridized carbons (Fsp3) is 0.706. The van der Waals surface area contributed by atoms with Crippen LogP contribution in [0, 0.1) is 0 Å². The highest BCUT2D eigenvalue weighted by Gasteiger charge is 2.38. The smallest absolute Gasteiger partial charge is 0.322 e. The van der Waals surface area contributed by atoms with E-state index in [0.29, 0.717) is 25.8 Å². The Morgan fingerprint density at radius 2 is 1.93 bits per heavy atom. The van der Waals surface area contributed by atoms with Crippen molar-refractivity contribution in [3.63, 3.8) is 0 Å². The average Bonchev–Trinajstić information content (AvgIpc) is 3.16. The predicted molar refractivity (Wildman–Crippen MR) is 107 cm³/mol. The number of carbonyl (C=O) groups excluding carboxylic acids is 3. The maximum Gasteiger partial charge on any atom is 0.322 e. The van der Waals surface area contributed by atoms with Crippen molar-refractivity contribution >= 4 is 29.7 Å². The number of carbonyl (C=O) groups is 4. The summed E-state index contributed by atoms with van der Waals surface area (Å²) < 4.78 is 0. The third-order valence-corrected chi connectivity index (χ3v) is 4.64. The lowest BCUT2D eigenvalue weighted by Gasteiger charge is -2.29. The number of carboxylic acids is 1. The zero-order chi connectivity index (χ0) is 22.8. The molecule has 1 rings (SSSR count). The summed E-state index contributed by atoms with van der Waals surface area (Å²) in [6, 6.07) is -3.03. The number of nitrogens with two attached hydrogens (primary N) is 3. The van der Waals surface area contributed by atoms with Crippen molar-refractivity contribution in [1.29, 1.82) is 0 Å². The summed E-state index contributed by atoms with van der Waals surface area (Å²) in [5, 5.41) is 23.1. The number of nitrogens with one attached hydrogen (secondary N) is 2. The summed E-state index contributed by atoms with van der Waals surface area (Å²) in [4.78, 5) is 53.4. The minimum absolute atomic E-state index is 0.111. The first-order chi connectivity index (χ1) is 14.0. The number of rotatable bonds is 11. The molecule has 170 valence electrons. The first kappa shape index (κ1) is 25.1. The molecule has 0 saturated carbocycles. The molecule has 1 heterocycles. The molecule has 1 aliphatic rings. The summed E-state index contributed by atoms with van der Waals surface area (Å²) in [5.74, 6) is -3.13. The van der Waals surface area contributed by atoms with E-state index in [2.05, 4.69) is 15.6 Å². The molecule has 4 unspecified atom stereocenters. The average molecular weight is 429 g/mol. The number of aliphatic imine (C=N–C) groups is 1. The highest BCUT2D eigenvalue weighted by Crippen LogP contribution is 2.19. The molecule has 1 fully saturated rings. The molecule has 0 aromatic carbocycles. The zero-order valence-corrected chi connectivity index (χ0v) is 16.9. The topological polar surface area (TPSA) is 226 Å². The summed E-state index contributed by atoms with van der Waals surface area (Å²) in [7, 11) is 0. The lowest BCUT2D eigenvalue weighted by molar-refractivity contribution is -0.142. The summed E-state index contributed by atoms with van der Waals surface area (Å²) >= 11 is 0. The Balaban J connectivity index is 2.82. The number of hydrogen-bond acceptors (Lipinski definition) is 7. The Morgan fingerprint density at radius 1 is 1.27 bits per heavy atom. The second-order valence-corrected chi connectivity index (χ2v) is 7.08. The largest absolute Gasteiger partial charge is 0.480 e. The van der Waals surface area contributed by atoms with E-state index >= 15 is 0 Å². The number of hydrogen-bond donors (Lipinski definition) is 7. The molecule has 0 radical (unpaired) electrons. The molecule has 4 atom stereocenters. The van der Waals surface area contributed by atoms with E-state index in [0.717, 1.165) is 0 Å². The van der Waals surface area contributed by atoms with Crippen LogP contribution in [-0.2, 0) is 19.2 Å². The van der Waals surface area contributed by atoms with Crippen LogP contribution in [0.3, 0.4) is 0 Å². The number of likely N-dealkylation sites (tertiary alicyclic amines) is 1. The monoisotopic (exact) mass is 429 g/mol. The van der Waals surface area contributed by atoms with E-state index in [4.69, 9.17) is 22.3 Å². The van der Waals surface area contributed by atoms with Crippen molar-refractivity contribution < 1.29 is 29.4 Å². The van der Waals surface area contributed by atoms with Gasteiger partial charge in [0.05, 0.1) is 6.10 Å². The second kappa shape index (κ2) is 11.9. The highest BCUT2D eigenvalue weighted by molar-refractivity contribution is 5.94. The summed E-state index contributed by atoms with van der Waals surface area (Å²) in [6.07, 6.45) is 0.371. The van der Waals surface area contributed by atoms with Crippen molar-refractivity contribution in [2.45, 2.75) is 56.8 Å². The van der Waals surface area contributed by atoms with Gasteiger partial charge < -0.3 is 42.9 Å². The molecule has 13 nitrogen and oxygen atoms in total. The summed E-state index contributed by atoms with van der Waals surface area (Å²) in [5.41, 5.74) is 16.2. The molecule has 1 saturated heterocycles. The van der Waals surface area contributed by atoms with Crippen LogP contribution in [0.4, 0.5) is 0 Å².